The molecule has 0 aliphatic carbocycles. The molecule has 0 bridgehead atoms. The molecule has 26 heavy (non-hydrogen) atoms. The van der Waals surface area contributed by atoms with Gasteiger partial charge >= 0.3 is 11.9 Å². The van der Waals surface area contributed by atoms with E-state index in [1.54, 1.807) is 35.2 Å². The normalized spacial score (nSPS) is 12.8. The minimum atomic E-state index is -0.538. The fourth-order valence-electron chi connectivity index (χ4n) is 2.74. The zero-order chi connectivity index (χ0) is 18.7. The minimum absolute atomic E-state index is 0.0253. The topological polar surface area (TPSA) is 84.9 Å². The SMILES string of the molecule is COC(=O)c1ccccc1NC(=O)CN1CC(=O)Oc2ccc(C)cc21. The lowest BCUT2D eigenvalue weighted by atomic mass is 10.1. The quantitative estimate of drug-likeness (QED) is 0.669. The van der Waals surface area contributed by atoms with Gasteiger partial charge in [-0.2, -0.15) is 0 Å². The van der Waals surface area contributed by atoms with Crippen LogP contribution in [0.2, 0.25) is 0 Å². The van der Waals surface area contributed by atoms with Crippen LogP contribution in [0.1, 0.15) is 15.9 Å². The van der Waals surface area contributed by atoms with Crippen molar-refractivity contribution in [2.24, 2.45) is 0 Å². The molecule has 0 aromatic heterocycles. The number of nitrogens with one attached hydrogen (secondary N) is 1. The Kier molecular flexibility index (Phi) is 4.88. The molecule has 0 fully saturated rings. The average molecular weight is 354 g/mol. The molecule has 0 spiro atoms. The number of methoxy groups -OCH3 is 1. The number of carbonyl (C=O) groups is 3. The fourth-order valence-corrected chi connectivity index (χ4v) is 2.74. The molecule has 3 rings (SSSR count). The third kappa shape index (κ3) is 3.66. The van der Waals surface area contributed by atoms with Gasteiger partial charge in [0, 0.05) is 0 Å². The maximum absolute atomic E-state index is 12.5. The first kappa shape index (κ1) is 17.5. The Morgan fingerprint density at radius 3 is 2.77 bits per heavy atom. The molecule has 0 unspecified atom stereocenters. The Balaban J connectivity index is 1.79. The zero-order valence-corrected chi connectivity index (χ0v) is 14.4. The number of fused-ring (bicyclic) bond motifs is 1. The summed E-state index contributed by atoms with van der Waals surface area (Å²) in [5, 5.41) is 2.70. The first-order valence-electron chi connectivity index (χ1n) is 8.01. The number of anilines is 2. The van der Waals surface area contributed by atoms with Crippen molar-refractivity contribution < 1.29 is 23.9 Å². The highest BCUT2D eigenvalue weighted by Gasteiger charge is 2.26. The summed E-state index contributed by atoms with van der Waals surface area (Å²) in [6.07, 6.45) is 0. The Morgan fingerprint density at radius 1 is 1.23 bits per heavy atom. The van der Waals surface area contributed by atoms with Gasteiger partial charge in [-0.25, -0.2) is 9.59 Å². The summed E-state index contributed by atoms with van der Waals surface area (Å²) in [6, 6.07) is 12.0. The van der Waals surface area contributed by atoms with Gasteiger partial charge < -0.3 is 19.7 Å². The van der Waals surface area contributed by atoms with Crippen LogP contribution in [0.15, 0.2) is 42.5 Å². The van der Waals surface area contributed by atoms with Crippen LogP contribution in [-0.4, -0.2) is 38.0 Å². The van der Waals surface area contributed by atoms with Crippen molar-refractivity contribution in [3.63, 3.8) is 0 Å². The van der Waals surface area contributed by atoms with Crippen molar-refractivity contribution in [3.05, 3.63) is 53.6 Å². The van der Waals surface area contributed by atoms with E-state index in [1.807, 2.05) is 19.1 Å². The van der Waals surface area contributed by atoms with Gasteiger partial charge in [-0.05, 0) is 36.8 Å². The number of ether oxygens (including phenoxy) is 2. The molecule has 0 atom stereocenters. The van der Waals surface area contributed by atoms with Crippen LogP contribution in [0.5, 0.6) is 5.75 Å². The zero-order valence-electron chi connectivity index (χ0n) is 14.4. The highest BCUT2D eigenvalue weighted by Crippen LogP contribution is 2.32. The molecule has 0 radical (unpaired) electrons. The predicted octanol–water partition coefficient (Wildman–Crippen LogP) is 2.15. The summed E-state index contributed by atoms with van der Waals surface area (Å²) < 4.78 is 9.93. The summed E-state index contributed by atoms with van der Waals surface area (Å²) in [4.78, 5) is 37.7. The Hall–Kier alpha value is -3.35. The number of amides is 1. The van der Waals surface area contributed by atoms with E-state index < -0.39 is 11.9 Å². The molecular formula is C19H18N2O5. The lowest BCUT2D eigenvalue weighted by Crippen LogP contribution is -2.41. The van der Waals surface area contributed by atoms with Crippen molar-refractivity contribution in [2.75, 3.05) is 30.4 Å². The predicted molar refractivity (Wildman–Crippen MR) is 95.4 cm³/mol. The second kappa shape index (κ2) is 7.26. The summed E-state index contributed by atoms with van der Waals surface area (Å²) in [5.41, 5.74) is 2.29. The molecule has 2 aromatic carbocycles. The van der Waals surface area contributed by atoms with E-state index in [2.05, 4.69) is 5.32 Å². The first-order chi connectivity index (χ1) is 12.5. The smallest absolute Gasteiger partial charge is 0.339 e. The second-order valence-corrected chi connectivity index (χ2v) is 5.89. The van der Waals surface area contributed by atoms with Crippen LogP contribution in [0.25, 0.3) is 0 Å². The number of rotatable bonds is 4. The highest BCUT2D eigenvalue weighted by molar-refractivity contribution is 6.03. The fraction of sp³-hybridized carbons (Fsp3) is 0.211. The van der Waals surface area contributed by atoms with E-state index in [9.17, 15) is 14.4 Å². The van der Waals surface area contributed by atoms with Gasteiger partial charge in [-0.1, -0.05) is 18.2 Å². The van der Waals surface area contributed by atoms with E-state index in [1.165, 1.54) is 7.11 Å². The molecule has 1 aliphatic rings. The standard InChI is InChI=1S/C19H18N2O5/c1-12-7-8-16-15(9-12)21(11-18(23)26-16)10-17(22)20-14-6-4-3-5-13(14)19(24)25-2/h3-9H,10-11H2,1-2H3,(H,20,22). The van der Waals surface area contributed by atoms with E-state index >= 15 is 0 Å². The Bertz CT molecular complexity index is 878. The van der Waals surface area contributed by atoms with Crippen LogP contribution in [0, 0.1) is 6.92 Å². The number of para-hydroxylation sites is 1. The first-order valence-corrected chi connectivity index (χ1v) is 8.01. The van der Waals surface area contributed by atoms with Crippen LogP contribution >= 0.6 is 0 Å². The van der Waals surface area contributed by atoms with Gasteiger partial charge in [0.15, 0.2) is 5.75 Å². The van der Waals surface area contributed by atoms with Crippen molar-refractivity contribution in [1.29, 1.82) is 0 Å². The van der Waals surface area contributed by atoms with Crippen LogP contribution in [0.3, 0.4) is 0 Å². The monoisotopic (exact) mass is 354 g/mol. The molecule has 0 saturated carbocycles. The lowest BCUT2D eigenvalue weighted by Gasteiger charge is -2.29. The van der Waals surface area contributed by atoms with Gasteiger partial charge in [-0.3, -0.25) is 4.79 Å². The van der Waals surface area contributed by atoms with Crippen LogP contribution in [-0.2, 0) is 14.3 Å². The number of hydrogen-bond donors (Lipinski definition) is 1. The summed E-state index contributed by atoms with van der Waals surface area (Å²) in [7, 11) is 1.28. The van der Waals surface area contributed by atoms with Gasteiger partial charge in [-0.15, -0.1) is 0 Å². The Labute approximate surface area is 150 Å². The van der Waals surface area contributed by atoms with E-state index in [0.29, 0.717) is 17.1 Å². The maximum atomic E-state index is 12.5. The Morgan fingerprint density at radius 2 is 2.00 bits per heavy atom. The second-order valence-electron chi connectivity index (χ2n) is 5.89. The largest absolute Gasteiger partial charge is 0.465 e. The summed E-state index contributed by atoms with van der Waals surface area (Å²) in [6.45, 7) is 1.84. The molecule has 0 saturated heterocycles. The van der Waals surface area contributed by atoms with Crippen molar-refractivity contribution in [1.82, 2.24) is 0 Å². The van der Waals surface area contributed by atoms with Crippen molar-refractivity contribution in [3.8, 4) is 5.75 Å². The summed E-state index contributed by atoms with van der Waals surface area (Å²) in [5.74, 6) is -0.898. The summed E-state index contributed by atoms with van der Waals surface area (Å²) >= 11 is 0. The molecular weight excluding hydrogens is 336 g/mol. The highest BCUT2D eigenvalue weighted by atomic mass is 16.5. The third-order valence-electron chi connectivity index (χ3n) is 3.94. The van der Waals surface area contributed by atoms with E-state index in [0.717, 1.165) is 5.56 Å². The molecule has 7 heteroatoms. The molecule has 134 valence electrons. The van der Waals surface area contributed by atoms with Crippen LogP contribution in [0.4, 0.5) is 11.4 Å². The molecule has 1 aliphatic heterocycles. The van der Waals surface area contributed by atoms with Crippen molar-refractivity contribution in [2.45, 2.75) is 6.92 Å². The third-order valence-corrected chi connectivity index (χ3v) is 3.94. The van der Waals surface area contributed by atoms with Crippen LogP contribution < -0.4 is 15.0 Å². The van der Waals surface area contributed by atoms with Crippen molar-refractivity contribution >= 4 is 29.2 Å². The van der Waals surface area contributed by atoms with Gasteiger partial charge in [0.1, 0.15) is 6.54 Å². The molecule has 1 heterocycles. The average Bonchev–Trinajstić information content (AvgIpc) is 2.62. The minimum Gasteiger partial charge on any atom is -0.465 e. The van der Waals surface area contributed by atoms with Gasteiger partial charge in [0.05, 0.1) is 30.6 Å². The molecule has 2 aromatic rings. The number of carbonyl (C=O) groups excluding carboxylic acids is 3. The number of aryl methyl sites for hydroxylation is 1. The molecule has 1 amide bonds. The number of hydrogen-bond acceptors (Lipinski definition) is 6. The van der Waals surface area contributed by atoms with E-state index in [-0.39, 0.29) is 24.6 Å². The maximum Gasteiger partial charge on any atom is 0.339 e. The van der Waals surface area contributed by atoms with Gasteiger partial charge in [0.25, 0.3) is 0 Å². The van der Waals surface area contributed by atoms with Gasteiger partial charge in [0.2, 0.25) is 5.91 Å². The number of nitrogens with zero attached hydrogens (tertiary/aromatic N) is 1. The molecule has 1 N–H and O–H groups in total. The number of esters is 2. The molecule has 7 nitrogen and oxygen atoms in total. The van der Waals surface area contributed by atoms with E-state index in [4.69, 9.17) is 9.47 Å². The lowest BCUT2D eigenvalue weighted by molar-refractivity contribution is -0.133. The number of benzene rings is 2.